The minimum atomic E-state index is -3.73. The number of sulfonamides is 1. The second-order valence-electron chi connectivity index (χ2n) is 6.68. The van der Waals surface area contributed by atoms with Crippen molar-refractivity contribution < 1.29 is 8.42 Å². The zero-order chi connectivity index (χ0) is 21.3. The molecule has 0 aliphatic rings. The molecule has 4 aromatic rings. The van der Waals surface area contributed by atoms with Gasteiger partial charge in [0.1, 0.15) is 28.7 Å². The molecule has 3 N–H and O–H groups in total. The SMILES string of the molecule is Cc1n[nH]c(C)c1S(=O)(=O)Nc1ccc(Nc2cc(-n3ccnc3C)ncn2)cc1. The van der Waals surface area contributed by atoms with E-state index in [4.69, 9.17) is 0 Å². The maximum Gasteiger partial charge on any atom is 0.265 e. The standard InChI is InChI=1S/C19H20N8O2S/c1-12-19(13(2)25-24-12)30(28,29)26-16-6-4-15(5-7-16)23-17-10-18(22-11-21-17)27-9-8-20-14(27)3/h4-11,26H,1-3H3,(H,24,25)(H,21,22,23). The average Bonchev–Trinajstić information content (AvgIpc) is 3.28. The Hall–Kier alpha value is -3.73. The Labute approximate surface area is 173 Å². The Balaban J connectivity index is 1.50. The number of aromatic nitrogens is 6. The minimum Gasteiger partial charge on any atom is -0.340 e. The highest BCUT2D eigenvalue weighted by Gasteiger charge is 2.22. The molecule has 0 amide bonds. The Morgan fingerprint density at radius 1 is 1.00 bits per heavy atom. The number of aryl methyl sites for hydroxylation is 3. The van der Waals surface area contributed by atoms with Crippen molar-refractivity contribution in [3.8, 4) is 5.82 Å². The second kappa shape index (κ2) is 7.59. The summed E-state index contributed by atoms with van der Waals surface area (Å²) in [6.45, 7) is 5.21. The highest BCUT2D eigenvalue weighted by molar-refractivity contribution is 7.92. The zero-order valence-corrected chi connectivity index (χ0v) is 17.4. The van der Waals surface area contributed by atoms with Gasteiger partial charge >= 0.3 is 0 Å². The molecular formula is C19H20N8O2S. The molecule has 1 aromatic carbocycles. The first kappa shape index (κ1) is 19.6. The number of hydrogen-bond donors (Lipinski definition) is 3. The first-order chi connectivity index (χ1) is 14.3. The summed E-state index contributed by atoms with van der Waals surface area (Å²) >= 11 is 0. The van der Waals surface area contributed by atoms with Crippen molar-refractivity contribution >= 4 is 27.2 Å². The average molecular weight is 424 g/mol. The van der Waals surface area contributed by atoms with Gasteiger partial charge in [0.15, 0.2) is 0 Å². The number of rotatable bonds is 6. The van der Waals surface area contributed by atoms with Gasteiger partial charge in [-0.1, -0.05) is 0 Å². The van der Waals surface area contributed by atoms with Crippen molar-refractivity contribution in [1.29, 1.82) is 0 Å². The van der Waals surface area contributed by atoms with Gasteiger partial charge in [-0.05, 0) is 45.0 Å². The van der Waals surface area contributed by atoms with Crippen LogP contribution in [0.3, 0.4) is 0 Å². The van der Waals surface area contributed by atoms with Crippen LogP contribution in [0.4, 0.5) is 17.2 Å². The molecule has 0 radical (unpaired) electrons. The fourth-order valence-corrected chi connectivity index (χ4v) is 4.51. The van der Waals surface area contributed by atoms with Crippen molar-refractivity contribution in [1.82, 2.24) is 29.7 Å². The molecule has 11 heteroatoms. The molecule has 0 atom stereocenters. The maximum atomic E-state index is 12.6. The fourth-order valence-electron chi connectivity index (χ4n) is 3.08. The summed E-state index contributed by atoms with van der Waals surface area (Å²) in [6.07, 6.45) is 5.00. The van der Waals surface area contributed by atoms with E-state index in [1.807, 2.05) is 17.7 Å². The van der Waals surface area contributed by atoms with Crippen LogP contribution in [0.25, 0.3) is 5.82 Å². The minimum absolute atomic E-state index is 0.160. The normalized spacial score (nSPS) is 11.4. The molecule has 0 unspecified atom stereocenters. The van der Waals surface area contributed by atoms with Gasteiger partial charge in [-0.2, -0.15) is 5.10 Å². The molecule has 0 saturated heterocycles. The van der Waals surface area contributed by atoms with E-state index in [0.717, 1.165) is 11.5 Å². The molecule has 10 nitrogen and oxygen atoms in total. The lowest BCUT2D eigenvalue weighted by Crippen LogP contribution is -2.14. The molecule has 0 fully saturated rings. The third-order valence-corrected chi connectivity index (χ3v) is 6.11. The summed E-state index contributed by atoms with van der Waals surface area (Å²) in [5.74, 6) is 2.11. The molecule has 0 aliphatic heterocycles. The van der Waals surface area contributed by atoms with Gasteiger partial charge in [0, 0.05) is 29.8 Å². The molecule has 4 rings (SSSR count). The smallest absolute Gasteiger partial charge is 0.265 e. The largest absolute Gasteiger partial charge is 0.340 e. The third-order valence-electron chi connectivity index (χ3n) is 4.46. The van der Waals surface area contributed by atoms with Crippen LogP contribution in [-0.2, 0) is 10.0 Å². The van der Waals surface area contributed by atoms with Gasteiger partial charge in [0.05, 0.1) is 11.4 Å². The van der Waals surface area contributed by atoms with Crippen LogP contribution >= 0.6 is 0 Å². The van der Waals surface area contributed by atoms with E-state index in [0.29, 0.717) is 28.7 Å². The number of imidazole rings is 1. The number of nitrogens with one attached hydrogen (secondary N) is 3. The van der Waals surface area contributed by atoms with Crippen LogP contribution in [0.1, 0.15) is 17.2 Å². The second-order valence-corrected chi connectivity index (χ2v) is 8.30. The first-order valence-electron chi connectivity index (χ1n) is 9.07. The van der Waals surface area contributed by atoms with Crippen molar-refractivity contribution in [3.05, 3.63) is 66.3 Å². The first-order valence-corrected chi connectivity index (χ1v) is 10.6. The van der Waals surface area contributed by atoms with Crippen LogP contribution in [0.5, 0.6) is 0 Å². The Morgan fingerprint density at radius 3 is 2.37 bits per heavy atom. The van der Waals surface area contributed by atoms with Crippen LogP contribution < -0.4 is 10.0 Å². The van der Waals surface area contributed by atoms with Gasteiger partial charge in [0.25, 0.3) is 10.0 Å². The Bertz CT molecular complexity index is 1270. The number of anilines is 3. The van der Waals surface area contributed by atoms with Crippen LogP contribution in [0.15, 0.2) is 53.9 Å². The summed E-state index contributed by atoms with van der Waals surface area (Å²) in [5, 5.41) is 9.81. The number of benzene rings is 1. The topological polar surface area (TPSA) is 130 Å². The predicted molar refractivity (Wildman–Crippen MR) is 112 cm³/mol. The summed E-state index contributed by atoms with van der Waals surface area (Å²) < 4.78 is 29.7. The Morgan fingerprint density at radius 2 is 1.73 bits per heavy atom. The molecule has 3 heterocycles. The van der Waals surface area contributed by atoms with Crippen LogP contribution in [-0.4, -0.2) is 38.1 Å². The van der Waals surface area contributed by atoms with E-state index in [1.165, 1.54) is 6.33 Å². The van der Waals surface area contributed by atoms with Gasteiger partial charge in [-0.25, -0.2) is 23.4 Å². The lowest BCUT2D eigenvalue weighted by atomic mass is 10.3. The number of hydrogen-bond acceptors (Lipinski definition) is 7. The van der Waals surface area contributed by atoms with Crippen molar-refractivity contribution in [3.63, 3.8) is 0 Å². The maximum absolute atomic E-state index is 12.6. The summed E-state index contributed by atoms with van der Waals surface area (Å²) in [5.41, 5.74) is 2.11. The number of aromatic amines is 1. The van der Waals surface area contributed by atoms with Gasteiger partial charge in [0.2, 0.25) is 0 Å². The van der Waals surface area contributed by atoms with E-state index in [1.54, 1.807) is 50.4 Å². The number of H-pyrrole nitrogens is 1. The third kappa shape index (κ3) is 3.87. The highest BCUT2D eigenvalue weighted by atomic mass is 32.2. The Kier molecular flexibility index (Phi) is 4.96. The summed E-state index contributed by atoms with van der Waals surface area (Å²) in [7, 11) is -3.73. The summed E-state index contributed by atoms with van der Waals surface area (Å²) in [4.78, 5) is 12.9. The fraction of sp³-hybridized carbons (Fsp3) is 0.158. The predicted octanol–water partition coefficient (Wildman–Crippen LogP) is 2.86. The van der Waals surface area contributed by atoms with Gasteiger partial charge in [-0.15, -0.1) is 0 Å². The van der Waals surface area contributed by atoms with Crippen molar-refractivity contribution in [2.24, 2.45) is 0 Å². The molecule has 3 aromatic heterocycles. The lowest BCUT2D eigenvalue weighted by Gasteiger charge is -2.11. The van der Waals surface area contributed by atoms with E-state index >= 15 is 0 Å². The van der Waals surface area contributed by atoms with E-state index in [2.05, 4.69) is 35.2 Å². The molecule has 0 saturated carbocycles. The van der Waals surface area contributed by atoms with Gasteiger partial charge < -0.3 is 5.32 Å². The zero-order valence-electron chi connectivity index (χ0n) is 16.6. The van der Waals surface area contributed by atoms with E-state index in [9.17, 15) is 8.42 Å². The van der Waals surface area contributed by atoms with Crippen molar-refractivity contribution in [2.45, 2.75) is 25.7 Å². The van der Waals surface area contributed by atoms with E-state index < -0.39 is 10.0 Å². The quantitative estimate of drug-likeness (QED) is 0.434. The molecule has 154 valence electrons. The molecule has 30 heavy (non-hydrogen) atoms. The van der Waals surface area contributed by atoms with Crippen molar-refractivity contribution in [2.75, 3.05) is 10.0 Å². The molecule has 0 spiro atoms. The molecule has 0 bridgehead atoms. The summed E-state index contributed by atoms with van der Waals surface area (Å²) in [6, 6.07) is 8.67. The molecule has 0 aliphatic carbocycles. The monoisotopic (exact) mass is 424 g/mol. The highest BCUT2D eigenvalue weighted by Crippen LogP contribution is 2.23. The van der Waals surface area contributed by atoms with Gasteiger partial charge in [-0.3, -0.25) is 14.4 Å². The molecular weight excluding hydrogens is 404 g/mol. The lowest BCUT2D eigenvalue weighted by molar-refractivity contribution is 0.600. The van der Waals surface area contributed by atoms with Crippen LogP contribution in [0.2, 0.25) is 0 Å². The number of nitrogens with zero attached hydrogens (tertiary/aromatic N) is 5. The van der Waals surface area contributed by atoms with E-state index in [-0.39, 0.29) is 4.90 Å². The van der Waals surface area contributed by atoms with Crippen LogP contribution in [0, 0.1) is 20.8 Å².